The van der Waals surface area contributed by atoms with Gasteiger partial charge in [-0.3, -0.25) is 4.79 Å². The third-order valence-electron chi connectivity index (χ3n) is 14.9. The van der Waals surface area contributed by atoms with Gasteiger partial charge in [0.1, 0.15) is 29.8 Å². The summed E-state index contributed by atoms with van der Waals surface area (Å²) < 4.78 is 63.7. The SMILES string of the molecule is CCC(C)C1OC2(C=CC1C)CC1CC(C/C=C(\C)C(OC3CC(OC)C(OC4CC(OC)C(O)C(C)O4)C(C)O3)C(C)/C=C/C=C3\COCC4C(O)C(C)=CC(C(=O)O1)C34O)O2. The highest BCUT2D eigenvalue weighted by molar-refractivity contribution is 5.78. The lowest BCUT2D eigenvalue weighted by molar-refractivity contribution is -0.318. The molecule has 1 aliphatic carbocycles. The van der Waals surface area contributed by atoms with Crippen LogP contribution in [0.2, 0.25) is 0 Å². The number of carbonyl (C=O) groups excluding carboxylic acids is 1. The van der Waals surface area contributed by atoms with E-state index < -0.39 is 90.6 Å². The second-order valence-electron chi connectivity index (χ2n) is 19.3. The number of aliphatic hydroxyl groups is 3. The van der Waals surface area contributed by atoms with Crippen molar-refractivity contribution in [1.82, 2.24) is 0 Å². The van der Waals surface area contributed by atoms with Gasteiger partial charge in [-0.15, -0.1) is 0 Å². The van der Waals surface area contributed by atoms with Gasteiger partial charge in [0.05, 0.1) is 62.0 Å². The molecule has 20 atom stereocenters. The van der Waals surface area contributed by atoms with Gasteiger partial charge in [0.25, 0.3) is 0 Å². The van der Waals surface area contributed by atoms with Gasteiger partial charge < -0.3 is 62.7 Å². The first kappa shape index (κ1) is 48.6. The monoisotopic (exact) mass is 887 g/mol. The predicted octanol–water partition coefficient (Wildman–Crippen LogP) is 5.63. The molecule has 2 bridgehead atoms. The molecule has 20 unspecified atom stereocenters. The summed E-state index contributed by atoms with van der Waals surface area (Å²) in [7, 11) is 3.22. The summed E-state index contributed by atoms with van der Waals surface area (Å²) in [4.78, 5) is 14.5. The molecule has 0 amide bonds. The molecule has 1 spiro atoms. The maximum atomic E-state index is 14.5. The largest absolute Gasteiger partial charge is 0.462 e. The van der Waals surface area contributed by atoms with Crippen molar-refractivity contribution in [2.75, 3.05) is 27.4 Å². The minimum Gasteiger partial charge on any atom is -0.462 e. The van der Waals surface area contributed by atoms with Crippen LogP contribution in [0.15, 0.2) is 59.3 Å². The molecule has 3 N–H and O–H groups in total. The highest BCUT2D eigenvalue weighted by Gasteiger charge is 2.58. The van der Waals surface area contributed by atoms with E-state index in [0.717, 1.165) is 12.0 Å². The molecule has 6 aliphatic heterocycles. The molecule has 354 valence electrons. The average Bonchev–Trinajstić information content (AvgIpc) is 3.25. The summed E-state index contributed by atoms with van der Waals surface area (Å²) in [6.07, 6.45) is 9.81. The van der Waals surface area contributed by atoms with E-state index in [2.05, 4.69) is 39.8 Å². The Balaban J connectivity index is 1.19. The number of rotatable bonds is 8. The number of methoxy groups -OCH3 is 2. The van der Waals surface area contributed by atoms with E-state index in [9.17, 15) is 20.1 Å². The number of hydrogen-bond acceptors (Lipinski definition) is 14. The zero-order valence-corrected chi connectivity index (χ0v) is 38.9. The Bertz CT molecular complexity index is 1740. The zero-order valence-electron chi connectivity index (χ0n) is 38.9. The second-order valence-corrected chi connectivity index (χ2v) is 19.3. The van der Waals surface area contributed by atoms with E-state index >= 15 is 0 Å². The Kier molecular flexibility index (Phi) is 15.7. The van der Waals surface area contributed by atoms with Gasteiger partial charge >= 0.3 is 5.97 Å². The Morgan fingerprint density at radius 3 is 2.33 bits per heavy atom. The molecule has 7 aliphatic rings. The number of aliphatic hydroxyl groups excluding tert-OH is 2. The lowest BCUT2D eigenvalue weighted by atomic mass is 9.64. The zero-order chi connectivity index (χ0) is 45.4. The minimum absolute atomic E-state index is 0.0806. The highest BCUT2D eigenvalue weighted by atomic mass is 16.7. The van der Waals surface area contributed by atoms with Crippen LogP contribution < -0.4 is 0 Å². The van der Waals surface area contributed by atoms with Crippen molar-refractivity contribution in [3.63, 3.8) is 0 Å². The Hall–Kier alpha value is -2.31. The first-order chi connectivity index (χ1) is 30.0. The third-order valence-corrected chi connectivity index (χ3v) is 14.9. The van der Waals surface area contributed by atoms with Gasteiger partial charge in [-0.2, -0.15) is 0 Å². The molecule has 7 rings (SSSR count). The summed E-state index contributed by atoms with van der Waals surface area (Å²) in [6.45, 7) is 16.3. The van der Waals surface area contributed by atoms with E-state index in [-0.39, 0.29) is 49.3 Å². The van der Waals surface area contributed by atoms with Crippen LogP contribution in [-0.2, 0) is 52.2 Å². The smallest absolute Gasteiger partial charge is 0.316 e. The lowest BCUT2D eigenvalue weighted by Crippen LogP contribution is -2.61. The predicted molar refractivity (Wildman–Crippen MR) is 232 cm³/mol. The highest BCUT2D eigenvalue weighted by Crippen LogP contribution is 2.47. The molecule has 0 aromatic rings. The van der Waals surface area contributed by atoms with Gasteiger partial charge in [-0.25, -0.2) is 0 Å². The first-order valence-corrected chi connectivity index (χ1v) is 23.3. The first-order valence-electron chi connectivity index (χ1n) is 23.3. The summed E-state index contributed by atoms with van der Waals surface area (Å²) >= 11 is 0. The van der Waals surface area contributed by atoms with Crippen LogP contribution in [0.1, 0.15) is 93.9 Å². The van der Waals surface area contributed by atoms with E-state index in [1.165, 1.54) is 0 Å². The summed E-state index contributed by atoms with van der Waals surface area (Å²) in [5.74, 6) is -3.28. The molecule has 14 heteroatoms. The van der Waals surface area contributed by atoms with E-state index in [1.54, 1.807) is 40.2 Å². The van der Waals surface area contributed by atoms with Crippen molar-refractivity contribution in [3.8, 4) is 0 Å². The molecule has 0 aromatic carbocycles. The fraction of sp³-hybridized carbons (Fsp3) is 0.776. The van der Waals surface area contributed by atoms with Gasteiger partial charge in [0, 0.05) is 57.7 Å². The maximum absolute atomic E-state index is 14.5. The Morgan fingerprint density at radius 1 is 0.889 bits per heavy atom. The molecule has 6 heterocycles. The second kappa shape index (κ2) is 20.3. The Labute approximate surface area is 373 Å². The summed E-state index contributed by atoms with van der Waals surface area (Å²) in [6, 6.07) is 0. The van der Waals surface area contributed by atoms with E-state index in [4.69, 9.17) is 47.4 Å². The van der Waals surface area contributed by atoms with Gasteiger partial charge in [0.15, 0.2) is 18.4 Å². The van der Waals surface area contributed by atoms with Gasteiger partial charge in [0.2, 0.25) is 0 Å². The van der Waals surface area contributed by atoms with Gasteiger partial charge in [-0.1, -0.05) is 70.6 Å². The van der Waals surface area contributed by atoms with Crippen LogP contribution >= 0.6 is 0 Å². The van der Waals surface area contributed by atoms with Gasteiger partial charge in [-0.05, 0) is 62.8 Å². The molecule has 4 fully saturated rings. The van der Waals surface area contributed by atoms with Crippen LogP contribution in [0.5, 0.6) is 0 Å². The van der Waals surface area contributed by atoms with Crippen molar-refractivity contribution in [2.45, 2.75) is 185 Å². The number of fused-ring (bicyclic) bond motifs is 2. The standard InChI is InChI=1S/C49H74O14/c1-11-26(2)45-29(5)17-18-48(63-45)23-35-20-34(62-48)16-15-28(4)44(60-41-22-39(55-10)46(32(8)58-41)61-40-21-38(54-9)43(51)31(7)57-40)27(3)13-12-14-33-24-56-25-37-42(50)30(6)19-36(47(52)59-35)49(33,37)53/h12-15,17-19,26-27,29,31-32,34-46,50-51,53H,11,16,20-25H2,1-10H3/b13-12+,28-15+,33-14+. The molecule has 0 saturated carbocycles. The number of carbonyl (C=O) groups is 1. The summed E-state index contributed by atoms with van der Waals surface area (Å²) in [5.41, 5.74) is 0.277. The molecular formula is C49H74O14. The van der Waals surface area contributed by atoms with Crippen LogP contribution in [-0.4, -0.2) is 140 Å². The average molecular weight is 887 g/mol. The lowest BCUT2D eigenvalue weighted by Gasteiger charge is -2.50. The van der Waals surface area contributed by atoms with Crippen LogP contribution in [0.25, 0.3) is 0 Å². The molecule has 0 aromatic heterocycles. The molecule has 4 saturated heterocycles. The summed E-state index contributed by atoms with van der Waals surface area (Å²) in [5, 5.41) is 34.6. The van der Waals surface area contributed by atoms with Crippen LogP contribution in [0.3, 0.4) is 0 Å². The minimum atomic E-state index is -1.75. The van der Waals surface area contributed by atoms with E-state index in [1.807, 2.05) is 32.1 Å². The van der Waals surface area contributed by atoms with Crippen molar-refractivity contribution >= 4 is 5.97 Å². The number of esters is 1. The topological polar surface area (TPSA) is 170 Å². The normalized spacial score (nSPS) is 48.7. The van der Waals surface area contributed by atoms with Crippen LogP contribution in [0.4, 0.5) is 0 Å². The third kappa shape index (κ3) is 10.2. The quantitative estimate of drug-likeness (QED) is 0.203. The van der Waals surface area contributed by atoms with Crippen molar-refractivity contribution in [3.05, 3.63) is 59.3 Å². The maximum Gasteiger partial charge on any atom is 0.316 e. The number of allylic oxidation sites excluding steroid dienone is 2. The fourth-order valence-corrected chi connectivity index (χ4v) is 10.9. The fourth-order valence-electron chi connectivity index (χ4n) is 10.9. The Morgan fingerprint density at radius 2 is 1.60 bits per heavy atom. The molecule has 0 radical (unpaired) electrons. The van der Waals surface area contributed by atoms with E-state index in [0.29, 0.717) is 43.3 Å². The van der Waals surface area contributed by atoms with Crippen molar-refractivity contribution in [2.24, 2.45) is 29.6 Å². The van der Waals surface area contributed by atoms with Crippen molar-refractivity contribution in [1.29, 1.82) is 0 Å². The number of hydrogen-bond donors (Lipinski definition) is 3. The molecule has 63 heavy (non-hydrogen) atoms. The van der Waals surface area contributed by atoms with Crippen LogP contribution in [0, 0.1) is 29.6 Å². The molecular weight excluding hydrogens is 813 g/mol. The number of ether oxygens (including phenoxy) is 10. The molecule has 14 nitrogen and oxygen atoms in total. The van der Waals surface area contributed by atoms with Crippen molar-refractivity contribution < 1.29 is 67.5 Å².